The molecule has 0 unspecified atom stereocenters. The summed E-state index contributed by atoms with van der Waals surface area (Å²) in [6, 6.07) is 17.0. The van der Waals surface area contributed by atoms with Gasteiger partial charge in [0.25, 0.3) is 0 Å². The maximum atomic E-state index is 6.16. The van der Waals surface area contributed by atoms with Crippen LogP contribution >= 0.6 is 11.6 Å². The van der Waals surface area contributed by atoms with E-state index in [0.29, 0.717) is 16.7 Å². The molecular formula is C20H15ClN4O. The maximum Gasteiger partial charge on any atom is 0.162 e. The Bertz CT molecular complexity index is 998. The van der Waals surface area contributed by atoms with Gasteiger partial charge in [-0.1, -0.05) is 11.6 Å². The van der Waals surface area contributed by atoms with Crippen LogP contribution in [-0.4, -0.2) is 23.8 Å². The van der Waals surface area contributed by atoms with Crippen LogP contribution in [0.25, 0.3) is 0 Å². The van der Waals surface area contributed by atoms with Crippen LogP contribution in [0.1, 0.15) is 11.1 Å². The predicted molar refractivity (Wildman–Crippen MR) is 105 cm³/mol. The lowest BCUT2D eigenvalue weighted by Crippen LogP contribution is -2.15. The van der Waals surface area contributed by atoms with Crippen molar-refractivity contribution in [2.24, 2.45) is 9.98 Å². The second-order valence-corrected chi connectivity index (χ2v) is 6.08. The van der Waals surface area contributed by atoms with Crippen molar-refractivity contribution >= 4 is 34.6 Å². The molecule has 26 heavy (non-hydrogen) atoms. The van der Waals surface area contributed by atoms with Gasteiger partial charge in [0.1, 0.15) is 11.6 Å². The summed E-state index contributed by atoms with van der Waals surface area (Å²) >= 11 is 6.16. The van der Waals surface area contributed by atoms with E-state index in [0.717, 1.165) is 28.3 Å². The summed E-state index contributed by atoms with van der Waals surface area (Å²) < 4.78 is 5.23. The van der Waals surface area contributed by atoms with Gasteiger partial charge in [-0.2, -0.15) is 0 Å². The standard InChI is InChI=1S/C20H15ClN4O/c1-26-16-5-2-13(3-6-16)19-23-17-7-4-15(21)12-18(17)24-20(25-19)14-8-10-22-11-9-14/h2-12H,1H3,(H,23,24,25). The molecule has 0 atom stereocenters. The Morgan fingerprint density at radius 2 is 1.65 bits per heavy atom. The van der Waals surface area contributed by atoms with Crippen LogP contribution in [0.2, 0.25) is 5.02 Å². The molecule has 0 fully saturated rings. The van der Waals surface area contributed by atoms with Crippen LogP contribution in [0.3, 0.4) is 0 Å². The first-order valence-corrected chi connectivity index (χ1v) is 8.39. The van der Waals surface area contributed by atoms with E-state index in [-0.39, 0.29) is 0 Å². The van der Waals surface area contributed by atoms with Crippen molar-refractivity contribution in [1.29, 1.82) is 0 Å². The van der Waals surface area contributed by atoms with Crippen molar-refractivity contribution in [2.75, 3.05) is 12.4 Å². The number of pyridine rings is 1. The highest BCUT2D eigenvalue weighted by Gasteiger charge is 2.15. The fourth-order valence-corrected chi connectivity index (χ4v) is 2.79. The molecule has 0 bridgehead atoms. The molecular weight excluding hydrogens is 348 g/mol. The second-order valence-electron chi connectivity index (χ2n) is 5.65. The van der Waals surface area contributed by atoms with Crippen LogP contribution < -0.4 is 10.1 Å². The number of nitrogens with one attached hydrogen (secondary N) is 1. The van der Waals surface area contributed by atoms with E-state index in [9.17, 15) is 0 Å². The quantitative estimate of drug-likeness (QED) is 0.735. The minimum Gasteiger partial charge on any atom is -0.497 e. The van der Waals surface area contributed by atoms with Crippen molar-refractivity contribution in [3.8, 4) is 5.75 Å². The van der Waals surface area contributed by atoms with Gasteiger partial charge in [-0.3, -0.25) is 4.98 Å². The third kappa shape index (κ3) is 3.30. The number of halogens is 1. The fraction of sp³-hybridized carbons (Fsp3) is 0.0500. The van der Waals surface area contributed by atoms with Gasteiger partial charge in [0.15, 0.2) is 5.84 Å². The summed E-state index contributed by atoms with van der Waals surface area (Å²) in [5.41, 5.74) is 3.38. The number of amidine groups is 2. The highest BCUT2D eigenvalue weighted by molar-refractivity contribution is 6.31. The van der Waals surface area contributed by atoms with Gasteiger partial charge in [0.05, 0.1) is 18.5 Å². The van der Waals surface area contributed by atoms with Crippen molar-refractivity contribution in [1.82, 2.24) is 4.98 Å². The summed E-state index contributed by atoms with van der Waals surface area (Å²) in [5.74, 6) is 2.07. The number of rotatable bonds is 3. The van der Waals surface area contributed by atoms with Crippen LogP contribution in [0.4, 0.5) is 11.4 Å². The largest absolute Gasteiger partial charge is 0.497 e. The monoisotopic (exact) mass is 362 g/mol. The number of aliphatic imine (C=N–C) groups is 2. The fourth-order valence-electron chi connectivity index (χ4n) is 2.62. The zero-order valence-electron chi connectivity index (χ0n) is 14.0. The molecule has 1 N–H and O–H groups in total. The van der Waals surface area contributed by atoms with E-state index in [2.05, 4.69) is 10.3 Å². The molecule has 0 saturated heterocycles. The average molecular weight is 363 g/mol. The zero-order chi connectivity index (χ0) is 17.9. The zero-order valence-corrected chi connectivity index (χ0v) is 14.7. The van der Waals surface area contributed by atoms with Gasteiger partial charge in [-0.15, -0.1) is 0 Å². The van der Waals surface area contributed by atoms with Gasteiger partial charge >= 0.3 is 0 Å². The summed E-state index contributed by atoms with van der Waals surface area (Å²) in [5, 5.41) is 3.97. The number of ether oxygens (including phenoxy) is 1. The number of anilines is 1. The normalized spacial score (nSPS) is 13.0. The van der Waals surface area contributed by atoms with E-state index in [1.54, 1.807) is 19.5 Å². The van der Waals surface area contributed by atoms with E-state index in [1.807, 2.05) is 54.6 Å². The van der Waals surface area contributed by atoms with Crippen molar-refractivity contribution in [3.63, 3.8) is 0 Å². The first-order valence-electron chi connectivity index (χ1n) is 8.02. The molecule has 128 valence electrons. The highest BCUT2D eigenvalue weighted by Crippen LogP contribution is 2.31. The molecule has 2 heterocycles. The lowest BCUT2D eigenvalue weighted by molar-refractivity contribution is 0.415. The number of hydrogen-bond acceptors (Lipinski definition) is 5. The van der Waals surface area contributed by atoms with E-state index in [4.69, 9.17) is 26.3 Å². The Labute approximate surface area is 156 Å². The second kappa shape index (κ2) is 6.98. The van der Waals surface area contributed by atoms with Gasteiger partial charge < -0.3 is 10.1 Å². The number of hydrogen-bond donors (Lipinski definition) is 1. The Kier molecular flexibility index (Phi) is 4.37. The Balaban J connectivity index is 1.86. The number of benzene rings is 2. The minimum atomic E-state index is 0.605. The first kappa shape index (κ1) is 16.3. The molecule has 0 aliphatic carbocycles. The van der Waals surface area contributed by atoms with Gasteiger partial charge in [-0.25, -0.2) is 9.98 Å². The van der Waals surface area contributed by atoms with Crippen LogP contribution in [0.15, 0.2) is 77.0 Å². The number of aromatic nitrogens is 1. The Hall–Kier alpha value is -3.18. The third-order valence-electron chi connectivity index (χ3n) is 3.96. The van der Waals surface area contributed by atoms with Gasteiger partial charge in [-0.05, 0) is 54.6 Å². The molecule has 0 spiro atoms. The Morgan fingerprint density at radius 1 is 0.885 bits per heavy atom. The number of methoxy groups -OCH3 is 1. The van der Waals surface area contributed by atoms with Crippen LogP contribution in [0.5, 0.6) is 5.75 Å². The summed E-state index contributed by atoms with van der Waals surface area (Å²) in [6.07, 6.45) is 3.46. The van der Waals surface area contributed by atoms with E-state index >= 15 is 0 Å². The molecule has 1 aromatic heterocycles. The first-order chi connectivity index (χ1) is 12.7. The topological polar surface area (TPSA) is 58.9 Å². The van der Waals surface area contributed by atoms with Crippen LogP contribution in [-0.2, 0) is 0 Å². The molecule has 5 nitrogen and oxygen atoms in total. The molecule has 0 radical (unpaired) electrons. The predicted octanol–water partition coefficient (Wildman–Crippen LogP) is 4.69. The third-order valence-corrected chi connectivity index (χ3v) is 4.19. The van der Waals surface area contributed by atoms with Crippen molar-refractivity contribution in [3.05, 3.63) is 83.1 Å². The van der Waals surface area contributed by atoms with E-state index < -0.39 is 0 Å². The molecule has 1 aliphatic rings. The van der Waals surface area contributed by atoms with Crippen molar-refractivity contribution < 1.29 is 4.74 Å². The lowest BCUT2D eigenvalue weighted by atomic mass is 10.2. The molecule has 1 aliphatic heterocycles. The van der Waals surface area contributed by atoms with Gasteiger partial charge in [0, 0.05) is 28.5 Å². The molecule has 0 amide bonds. The average Bonchev–Trinajstić information content (AvgIpc) is 2.88. The summed E-state index contributed by atoms with van der Waals surface area (Å²) in [6.45, 7) is 0. The smallest absolute Gasteiger partial charge is 0.162 e. The summed E-state index contributed by atoms with van der Waals surface area (Å²) in [7, 11) is 1.64. The van der Waals surface area contributed by atoms with Gasteiger partial charge in [0.2, 0.25) is 0 Å². The molecule has 2 aromatic carbocycles. The SMILES string of the molecule is COc1ccc(C2=Nc3ccc(Cl)cc3NC(c3ccncc3)=N2)cc1. The highest BCUT2D eigenvalue weighted by atomic mass is 35.5. The number of fused-ring (bicyclic) bond motifs is 1. The minimum absolute atomic E-state index is 0.605. The van der Waals surface area contributed by atoms with Crippen molar-refractivity contribution in [2.45, 2.75) is 0 Å². The maximum absolute atomic E-state index is 6.16. The Morgan fingerprint density at radius 3 is 2.38 bits per heavy atom. The number of nitrogens with zero attached hydrogens (tertiary/aromatic N) is 3. The molecule has 3 aromatic rings. The molecule has 0 saturated carbocycles. The van der Waals surface area contributed by atoms with E-state index in [1.165, 1.54) is 0 Å². The molecule has 4 rings (SSSR count). The summed E-state index contributed by atoms with van der Waals surface area (Å²) in [4.78, 5) is 13.6. The lowest BCUT2D eigenvalue weighted by Gasteiger charge is -2.09. The molecule has 6 heteroatoms. The van der Waals surface area contributed by atoms with Crippen LogP contribution in [0, 0.1) is 0 Å².